The number of hydrogen-bond acceptors (Lipinski definition) is 4. The Kier molecular flexibility index (Phi) is 5.80. The number of halogens is 1. The minimum absolute atomic E-state index is 0.0492. The lowest BCUT2D eigenvalue weighted by atomic mass is 9.58. The van der Waals surface area contributed by atoms with Gasteiger partial charge in [-0.3, -0.25) is 4.98 Å². The third-order valence-electron chi connectivity index (χ3n) is 6.89. The molecule has 7 heteroatoms. The van der Waals surface area contributed by atoms with E-state index in [1.54, 1.807) is 18.3 Å². The zero-order valence-corrected chi connectivity index (χ0v) is 19.3. The van der Waals surface area contributed by atoms with Gasteiger partial charge in [0, 0.05) is 35.4 Å². The van der Waals surface area contributed by atoms with Crippen molar-refractivity contribution < 1.29 is 8.42 Å². The summed E-state index contributed by atoms with van der Waals surface area (Å²) >= 11 is 6.15. The standard InChI is InChI=1S/C25H26ClN3O2S/c26-21-8-6-20(7-9-21)25(11-2-12-25)24-23-15-18(4-5-19(23)10-14-28-24)16-29-32(30,31)22-3-1-13-27-17-22/h1,3-9,13,15,17,24,28-29H,2,10-12,14,16H2. The van der Waals surface area contributed by atoms with Gasteiger partial charge in [0.1, 0.15) is 4.90 Å². The lowest BCUT2D eigenvalue weighted by Crippen LogP contribution is -2.49. The minimum atomic E-state index is -3.60. The number of sulfonamides is 1. The van der Waals surface area contributed by atoms with Gasteiger partial charge in [0.25, 0.3) is 0 Å². The van der Waals surface area contributed by atoms with Crippen LogP contribution in [-0.2, 0) is 28.4 Å². The fourth-order valence-corrected chi connectivity index (χ4v) is 6.16. The Labute approximate surface area is 194 Å². The van der Waals surface area contributed by atoms with Crippen LogP contribution in [-0.4, -0.2) is 19.9 Å². The van der Waals surface area contributed by atoms with Gasteiger partial charge in [-0.15, -0.1) is 0 Å². The smallest absolute Gasteiger partial charge is 0.242 e. The summed E-state index contributed by atoms with van der Waals surface area (Å²) in [5.41, 5.74) is 4.95. The van der Waals surface area contributed by atoms with Crippen LogP contribution in [0, 0.1) is 0 Å². The number of benzene rings is 2. The third kappa shape index (κ3) is 3.97. The predicted octanol–water partition coefficient (Wildman–Crippen LogP) is 4.52. The Morgan fingerprint density at radius 2 is 1.94 bits per heavy atom. The first-order chi connectivity index (χ1) is 15.5. The molecule has 32 heavy (non-hydrogen) atoms. The van der Waals surface area contributed by atoms with E-state index in [0.29, 0.717) is 0 Å². The van der Waals surface area contributed by atoms with Crippen LogP contribution >= 0.6 is 11.6 Å². The molecule has 1 fully saturated rings. The lowest BCUT2D eigenvalue weighted by Gasteiger charge is -2.50. The first-order valence-corrected chi connectivity index (χ1v) is 12.8. The summed E-state index contributed by atoms with van der Waals surface area (Å²) in [6.45, 7) is 1.19. The van der Waals surface area contributed by atoms with Crippen LogP contribution < -0.4 is 10.0 Å². The van der Waals surface area contributed by atoms with E-state index >= 15 is 0 Å². The van der Waals surface area contributed by atoms with E-state index in [9.17, 15) is 8.42 Å². The molecule has 3 aromatic rings. The maximum Gasteiger partial charge on any atom is 0.242 e. The number of aromatic nitrogens is 1. The highest BCUT2D eigenvalue weighted by atomic mass is 35.5. The van der Waals surface area contributed by atoms with Gasteiger partial charge in [0.2, 0.25) is 10.0 Å². The molecule has 1 aliphatic heterocycles. The molecule has 1 unspecified atom stereocenters. The fraction of sp³-hybridized carbons (Fsp3) is 0.320. The predicted molar refractivity (Wildman–Crippen MR) is 126 cm³/mol. The van der Waals surface area contributed by atoms with E-state index in [0.717, 1.165) is 36.4 Å². The van der Waals surface area contributed by atoms with E-state index in [2.05, 4.69) is 39.3 Å². The summed E-state index contributed by atoms with van der Waals surface area (Å²) in [4.78, 5) is 4.09. The summed E-state index contributed by atoms with van der Waals surface area (Å²) in [6.07, 6.45) is 7.37. The molecular weight excluding hydrogens is 442 g/mol. The van der Waals surface area contributed by atoms with E-state index in [1.807, 2.05) is 18.2 Å². The quantitative estimate of drug-likeness (QED) is 0.559. The third-order valence-corrected chi connectivity index (χ3v) is 8.53. The number of nitrogens with zero attached hydrogens (tertiary/aromatic N) is 1. The summed E-state index contributed by atoms with van der Waals surface area (Å²) < 4.78 is 27.9. The van der Waals surface area contributed by atoms with Gasteiger partial charge in [-0.25, -0.2) is 13.1 Å². The Morgan fingerprint density at radius 1 is 1.12 bits per heavy atom. The van der Waals surface area contributed by atoms with Crippen LogP contribution in [0.4, 0.5) is 0 Å². The van der Waals surface area contributed by atoms with Crippen molar-refractivity contribution in [3.05, 3.63) is 94.3 Å². The molecule has 1 atom stereocenters. The van der Waals surface area contributed by atoms with Gasteiger partial charge < -0.3 is 5.32 Å². The molecule has 1 aromatic heterocycles. The number of fused-ring (bicyclic) bond motifs is 1. The molecule has 2 aliphatic rings. The summed E-state index contributed by atoms with van der Waals surface area (Å²) in [6, 6.07) is 18.0. The molecule has 1 aliphatic carbocycles. The van der Waals surface area contributed by atoms with Crippen LogP contribution in [0.3, 0.4) is 0 Å². The molecule has 5 rings (SSSR count). The normalized spacial score (nSPS) is 19.7. The zero-order chi connectivity index (χ0) is 22.2. The van der Waals surface area contributed by atoms with Gasteiger partial charge in [-0.2, -0.15) is 0 Å². The number of pyridine rings is 1. The molecule has 0 radical (unpaired) electrons. The van der Waals surface area contributed by atoms with Crippen LogP contribution in [0.2, 0.25) is 5.02 Å². The zero-order valence-electron chi connectivity index (χ0n) is 17.7. The molecule has 5 nitrogen and oxygen atoms in total. The second-order valence-corrected chi connectivity index (χ2v) is 10.9. The van der Waals surface area contributed by atoms with Crippen molar-refractivity contribution in [3.8, 4) is 0 Å². The highest BCUT2D eigenvalue weighted by molar-refractivity contribution is 7.89. The van der Waals surface area contributed by atoms with Crippen LogP contribution in [0.15, 0.2) is 71.9 Å². The Morgan fingerprint density at radius 3 is 2.62 bits per heavy atom. The van der Waals surface area contributed by atoms with Crippen molar-refractivity contribution in [2.75, 3.05) is 6.54 Å². The molecule has 2 N–H and O–H groups in total. The van der Waals surface area contributed by atoms with Crippen LogP contribution in [0.5, 0.6) is 0 Å². The Balaban J connectivity index is 1.43. The molecule has 1 saturated carbocycles. The highest BCUT2D eigenvalue weighted by Crippen LogP contribution is 2.53. The summed E-state index contributed by atoms with van der Waals surface area (Å²) in [5, 5.41) is 4.53. The largest absolute Gasteiger partial charge is 0.309 e. The number of rotatable bonds is 6. The first-order valence-electron chi connectivity index (χ1n) is 11.0. The molecule has 0 bridgehead atoms. The monoisotopic (exact) mass is 467 g/mol. The van der Waals surface area contributed by atoms with Crippen LogP contribution in [0.25, 0.3) is 0 Å². The maximum absolute atomic E-state index is 12.6. The van der Waals surface area contributed by atoms with Crippen molar-refractivity contribution in [2.24, 2.45) is 0 Å². The van der Waals surface area contributed by atoms with E-state index in [-0.39, 0.29) is 22.9 Å². The second-order valence-electron chi connectivity index (χ2n) is 8.70. The van der Waals surface area contributed by atoms with Gasteiger partial charge in [-0.05, 0) is 72.3 Å². The second kappa shape index (κ2) is 8.60. The average Bonchev–Trinajstić information content (AvgIpc) is 2.79. The highest BCUT2D eigenvalue weighted by Gasteiger charge is 2.47. The molecule has 0 spiro atoms. The maximum atomic E-state index is 12.6. The van der Waals surface area contributed by atoms with Crippen molar-refractivity contribution in [3.63, 3.8) is 0 Å². The van der Waals surface area contributed by atoms with E-state index in [4.69, 9.17) is 11.6 Å². The molecule has 0 saturated heterocycles. The topological polar surface area (TPSA) is 71.1 Å². The lowest BCUT2D eigenvalue weighted by molar-refractivity contribution is 0.164. The van der Waals surface area contributed by atoms with Gasteiger partial charge in [0.05, 0.1) is 0 Å². The Hall–Kier alpha value is -2.25. The van der Waals surface area contributed by atoms with Crippen molar-refractivity contribution >= 4 is 21.6 Å². The fourth-order valence-electron chi connectivity index (χ4n) is 5.06. The average molecular weight is 468 g/mol. The van der Waals surface area contributed by atoms with Crippen molar-refractivity contribution in [2.45, 2.75) is 48.6 Å². The van der Waals surface area contributed by atoms with Gasteiger partial charge in [-0.1, -0.05) is 48.4 Å². The molecule has 0 amide bonds. The SMILES string of the molecule is O=S(=O)(NCc1ccc2c(c1)C(C1(c3ccc(Cl)cc3)CCC1)NCC2)c1cccnc1. The van der Waals surface area contributed by atoms with E-state index < -0.39 is 10.0 Å². The molecule has 2 aromatic carbocycles. The first kappa shape index (κ1) is 21.6. The number of nitrogens with one attached hydrogen (secondary N) is 2. The molecule has 166 valence electrons. The van der Waals surface area contributed by atoms with Gasteiger partial charge >= 0.3 is 0 Å². The van der Waals surface area contributed by atoms with E-state index in [1.165, 1.54) is 29.3 Å². The van der Waals surface area contributed by atoms with Crippen molar-refractivity contribution in [1.82, 2.24) is 15.0 Å². The molecule has 2 heterocycles. The summed E-state index contributed by atoms with van der Waals surface area (Å²) in [7, 11) is -3.60. The molecular formula is C25H26ClN3O2S. The van der Waals surface area contributed by atoms with Gasteiger partial charge in [0.15, 0.2) is 0 Å². The number of hydrogen-bond donors (Lipinski definition) is 2. The Bertz CT molecular complexity index is 1210. The summed E-state index contributed by atoms with van der Waals surface area (Å²) in [5.74, 6) is 0. The van der Waals surface area contributed by atoms with Crippen molar-refractivity contribution in [1.29, 1.82) is 0 Å². The minimum Gasteiger partial charge on any atom is -0.309 e. The van der Waals surface area contributed by atoms with Crippen LogP contribution in [0.1, 0.15) is 47.6 Å².